The zero-order valence-electron chi connectivity index (χ0n) is 7.20. The highest BCUT2D eigenvalue weighted by Gasteiger charge is 2.01. The van der Waals surface area contributed by atoms with E-state index >= 15 is 0 Å². The normalized spacial score (nSPS) is 10.1. The van der Waals surface area contributed by atoms with E-state index in [2.05, 4.69) is 9.97 Å². The molecule has 0 unspecified atom stereocenters. The fourth-order valence-electron chi connectivity index (χ4n) is 1.12. The molecule has 0 amide bonds. The Morgan fingerprint density at radius 2 is 1.93 bits per heavy atom. The molecule has 3 nitrogen and oxygen atoms in total. The van der Waals surface area contributed by atoms with Crippen LogP contribution in [0, 0.1) is 0 Å². The van der Waals surface area contributed by atoms with Gasteiger partial charge in [0, 0.05) is 5.56 Å². The lowest BCUT2D eigenvalue weighted by Gasteiger charge is -1.98. The highest BCUT2D eigenvalue weighted by Crippen LogP contribution is 2.12. The number of hydrogen-bond donors (Lipinski definition) is 1. The molecule has 0 bridgehead atoms. The zero-order chi connectivity index (χ0) is 9.97. The Labute approximate surface area is 85.4 Å². The van der Waals surface area contributed by atoms with Gasteiger partial charge in [0.05, 0.1) is 6.20 Å². The van der Waals surface area contributed by atoms with Gasteiger partial charge in [-0.3, -0.25) is 4.79 Å². The van der Waals surface area contributed by atoms with Gasteiger partial charge in [0.15, 0.2) is 0 Å². The Kier molecular flexibility index (Phi) is 2.33. The van der Waals surface area contributed by atoms with E-state index < -0.39 is 0 Å². The second-order valence-corrected chi connectivity index (χ2v) is 3.18. The van der Waals surface area contributed by atoms with Crippen LogP contribution in [0.5, 0.6) is 0 Å². The largest absolute Gasteiger partial charge is 0.305 e. The first-order valence-electron chi connectivity index (χ1n) is 4.07. The van der Waals surface area contributed by atoms with Gasteiger partial charge in [-0.25, -0.2) is 4.98 Å². The Balaban J connectivity index is 2.54. The summed E-state index contributed by atoms with van der Waals surface area (Å²) in [6.45, 7) is 0. The minimum atomic E-state index is -0.319. The molecule has 4 heteroatoms. The van der Waals surface area contributed by atoms with Crippen LogP contribution in [0.25, 0.3) is 11.4 Å². The smallest absolute Gasteiger partial charge is 0.269 e. The molecule has 0 aliphatic heterocycles. The highest BCUT2D eigenvalue weighted by atomic mass is 35.5. The summed E-state index contributed by atoms with van der Waals surface area (Å²) in [6.07, 6.45) is 1.35. The summed E-state index contributed by atoms with van der Waals surface area (Å²) in [5, 5.41) is 0.102. The van der Waals surface area contributed by atoms with Crippen molar-refractivity contribution < 1.29 is 0 Å². The number of nitrogens with zero attached hydrogens (tertiary/aromatic N) is 1. The highest BCUT2D eigenvalue weighted by molar-refractivity contribution is 6.30. The zero-order valence-corrected chi connectivity index (χ0v) is 7.95. The van der Waals surface area contributed by atoms with Gasteiger partial charge in [-0.05, 0) is 0 Å². The molecule has 2 aromatic rings. The van der Waals surface area contributed by atoms with Crippen LogP contribution in [-0.2, 0) is 0 Å². The van der Waals surface area contributed by atoms with E-state index in [0.717, 1.165) is 5.56 Å². The number of aromatic amines is 1. The molecule has 14 heavy (non-hydrogen) atoms. The van der Waals surface area contributed by atoms with Crippen LogP contribution in [0.2, 0.25) is 5.02 Å². The minimum Gasteiger partial charge on any atom is -0.305 e. The molecular formula is C10H7ClN2O. The fraction of sp³-hybridized carbons (Fsp3) is 0. The maximum atomic E-state index is 11.2. The molecule has 1 aromatic heterocycles. The van der Waals surface area contributed by atoms with E-state index in [4.69, 9.17) is 11.6 Å². The molecule has 2 rings (SSSR count). The molecule has 0 aliphatic carbocycles. The lowest BCUT2D eigenvalue weighted by atomic mass is 10.2. The number of H-pyrrole nitrogens is 1. The number of halogens is 1. The minimum absolute atomic E-state index is 0.102. The number of benzene rings is 1. The van der Waals surface area contributed by atoms with Gasteiger partial charge in [0.25, 0.3) is 5.56 Å². The summed E-state index contributed by atoms with van der Waals surface area (Å²) in [6, 6.07) is 9.39. The monoisotopic (exact) mass is 206 g/mol. The van der Waals surface area contributed by atoms with Crippen molar-refractivity contribution in [3.05, 3.63) is 51.9 Å². The second kappa shape index (κ2) is 3.64. The molecule has 1 heterocycles. The van der Waals surface area contributed by atoms with Crippen molar-refractivity contribution >= 4 is 11.6 Å². The summed E-state index contributed by atoms with van der Waals surface area (Å²) >= 11 is 5.56. The van der Waals surface area contributed by atoms with Gasteiger partial charge >= 0.3 is 0 Å². The molecule has 0 fully saturated rings. The van der Waals surface area contributed by atoms with Crippen LogP contribution in [-0.4, -0.2) is 9.97 Å². The van der Waals surface area contributed by atoms with Gasteiger partial charge in [0.2, 0.25) is 0 Å². The third-order valence-corrected chi connectivity index (χ3v) is 2.07. The molecule has 1 N–H and O–H groups in total. The maximum absolute atomic E-state index is 11.2. The Bertz CT molecular complexity index is 493. The molecule has 0 spiro atoms. The van der Waals surface area contributed by atoms with E-state index in [1.54, 1.807) is 0 Å². The average molecular weight is 207 g/mol. The first kappa shape index (κ1) is 8.97. The SMILES string of the molecule is O=c1[nH]c(-c2ccccc2)ncc1Cl. The summed E-state index contributed by atoms with van der Waals surface area (Å²) in [5.41, 5.74) is 0.543. The van der Waals surface area contributed by atoms with Crippen molar-refractivity contribution in [2.45, 2.75) is 0 Å². The van der Waals surface area contributed by atoms with Crippen molar-refractivity contribution in [1.29, 1.82) is 0 Å². The van der Waals surface area contributed by atoms with E-state index in [1.165, 1.54) is 6.20 Å². The van der Waals surface area contributed by atoms with E-state index in [0.29, 0.717) is 5.82 Å². The summed E-state index contributed by atoms with van der Waals surface area (Å²) < 4.78 is 0. The molecule has 0 saturated carbocycles. The van der Waals surface area contributed by atoms with Crippen molar-refractivity contribution in [2.75, 3.05) is 0 Å². The predicted molar refractivity (Wildman–Crippen MR) is 55.3 cm³/mol. The quantitative estimate of drug-likeness (QED) is 0.777. The van der Waals surface area contributed by atoms with Crippen LogP contribution < -0.4 is 5.56 Å². The molecule has 1 aromatic carbocycles. The lowest BCUT2D eigenvalue weighted by molar-refractivity contribution is 1.13. The lowest BCUT2D eigenvalue weighted by Crippen LogP contribution is -2.08. The van der Waals surface area contributed by atoms with E-state index in [-0.39, 0.29) is 10.6 Å². The van der Waals surface area contributed by atoms with Crippen LogP contribution in [0.15, 0.2) is 41.3 Å². The molecular weight excluding hydrogens is 200 g/mol. The van der Waals surface area contributed by atoms with Gasteiger partial charge in [-0.15, -0.1) is 0 Å². The molecule has 0 aliphatic rings. The fourth-order valence-corrected chi connectivity index (χ4v) is 1.22. The average Bonchev–Trinajstić information content (AvgIpc) is 2.23. The van der Waals surface area contributed by atoms with Crippen LogP contribution in [0.1, 0.15) is 0 Å². The molecule has 70 valence electrons. The Hall–Kier alpha value is -1.61. The van der Waals surface area contributed by atoms with Crippen molar-refractivity contribution in [2.24, 2.45) is 0 Å². The summed E-state index contributed by atoms with van der Waals surface area (Å²) in [7, 11) is 0. The van der Waals surface area contributed by atoms with E-state index in [9.17, 15) is 4.79 Å². The van der Waals surface area contributed by atoms with Crippen LogP contribution in [0.4, 0.5) is 0 Å². The number of hydrogen-bond acceptors (Lipinski definition) is 2. The number of aromatic nitrogens is 2. The number of rotatable bonds is 1. The first-order chi connectivity index (χ1) is 6.77. The van der Waals surface area contributed by atoms with E-state index in [1.807, 2.05) is 30.3 Å². The van der Waals surface area contributed by atoms with Crippen LogP contribution in [0.3, 0.4) is 0 Å². The Morgan fingerprint density at radius 1 is 1.21 bits per heavy atom. The maximum Gasteiger partial charge on any atom is 0.269 e. The molecule has 0 saturated heterocycles. The summed E-state index contributed by atoms with van der Waals surface area (Å²) in [4.78, 5) is 17.8. The molecule has 0 radical (unpaired) electrons. The van der Waals surface area contributed by atoms with Crippen molar-refractivity contribution in [3.8, 4) is 11.4 Å². The summed E-state index contributed by atoms with van der Waals surface area (Å²) in [5.74, 6) is 0.528. The van der Waals surface area contributed by atoms with Gasteiger partial charge in [-0.2, -0.15) is 0 Å². The van der Waals surface area contributed by atoms with Gasteiger partial charge in [0.1, 0.15) is 10.8 Å². The third kappa shape index (κ3) is 1.67. The Morgan fingerprint density at radius 3 is 2.57 bits per heavy atom. The molecule has 0 atom stereocenters. The third-order valence-electron chi connectivity index (χ3n) is 1.80. The van der Waals surface area contributed by atoms with Crippen LogP contribution >= 0.6 is 11.6 Å². The van der Waals surface area contributed by atoms with Crippen molar-refractivity contribution in [1.82, 2.24) is 9.97 Å². The standard InChI is InChI=1S/C10H7ClN2O/c11-8-6-12-9(13-10(8)14)7-4-2-1-3-5-7/h1-6H,(H,12,13,14). The topological polar surface area (TPSA) is 45.8 Å². The second-order valence-electron chi connectivity index (χ2n) is 2.77. The number of nitrogens with one attached hydrogen (secondary N) is 1. The van der Waals surface area contributed by atoms with Crippen molar-refractivity contribution in [3.63, 3.8) is 0 Å². The van der Waals surface area contributed by atoms with Gasteiger partial charge < -0.3 is 4.98 Å². The predicted octanol–water partition coefficient (Wildman–Crippen LogP) is 2.09. The van der Waals surface area contributed by atoms with Gasteiger partial charge in [-0.1, -0.05) is 41.9 Å². The first-order valence-corrected chi connectivity index (χ1v) is 4.45.